The van der Waals surface area contributed by atoms with Crippen molar-refractivity contribution in [1.29, 1.82) is 0 Å². The predicted octanol–water partition coefficient (Wildman–Crippen LogP) is 1.57. The third kappa shape index (κ3) is 3.27. The van der Waals surface area contributed by atoms with Crippen LogP contribution >= 0.6 is 27.7 Å². The van der Waals surface area contributed by atoms with Crippen LogP contribution in [0.3, 0.4) is 0 Å². The maximum absolute atomic E-state index is 12.0. The number of rotatable bonds is 5. The summed E-state index contributed by atoms with van der Waals surface area (Å²) in [4.78, 5) is 12.0. The normalized spacial score (nSPS) is 19.1. The molecule has 0 saturated carbocycles. The SMILES string of the molecule is COCCn1ncc(NC2CCSC2)c(Br)c1=O. The fraction of sp³-hybridized carbons (Fsp3) is 0.636. The van der Waals surface area contributed by atoms with E-state index in [1.54, 1.807) is 13.3 Å². The summed E-state index contributed by atoms with van der Waals surface area (Å²) in [6.45, 7) is 0.943. The molecule has 18 heavy (non-hydrogen) atoms. The van der Waals surface area contributed by atoms with E-state index in [4.69, 9.17) is 4.74 Å². The molecule has 2 rings (SSSR count). The van der Waals surface area contributed by atoms with Gasteiger partial charge in [-0.05, 0) is 28.1 Å². The predicted molar refractivity (Wildman–Crippen MR) is 77.4 cm³/mol. The van der Waals surface area contributed by atoms with E-state index in [9.17, 15) is 4.79 Å². The van der Waals surface area contributed by atoms with Gasteiger partial charge in [-0.1, -0.05) is 0 Å². The van der Waals surface area contributed by atoms with Gasteiger partial charge in [0.05, 0.1) is 25.0 Å². The molecule has 0 radical (unpaired) electrons. The molecule has 1 atom stereocenters. The summed E-state index contributed by atoms with van der Waals surface area (Å²) >= 11 is 5.27. The number of aromatic nitrogens is 2. The Kier molecular flexibility index (Phi) is 5.08. The highest BCUT2D eigenvalue weighted by Crippen LogP contribution is 2.23. The Labute approximate surface area is 118 Å². The van der Waals surface area contributed by atoms with Crippen LogP contribution < -0.4 is 10.9 Å². The molecule has 7 heteroatoms. The first-order chi connectivity index (χ1) is 8.72. The molecule has 2 heterocycles. The van der Waals surface area contributed by atoms with Gasteiger partial charge in [-0.3, -0.25) is 4.79 Å². The minimum Gasteiger partial charge on any atom is -0.383 e. The molecule has 100 valence electrons. The third-order valence-electron chi connectivity index (χ3n) is 2.78. The summed E-state index contributed by atoms with van der Waals surface area (Å²) in [7, 11) is 1.60. The molecule has 1 aliphatic rings. The number of hydrogen-bond donors (Lipinski definition) is 1. The molecule has 0 bridgehead atoms. The quantitative estimate of drug-likeness (QED) is 0.886. The zero-order valence-corrected chi connectivity index (χ0v) is 12.6. The molecular formula is C11H16BrN3O2S. The van der Waals surface area contributed by atoms with E-state index in [0.717, 1.165) is 17.9 Å². The van der Waals surface area contributed by atoms with Crippen LogP contribution in [0.25, 0.3) is 0 Å². The molecule has 1 aromatic rings. The molecule has 1 aliphatic heterocycles. The molecule has 1 fully saturated rings. The lowest BCUT2D eigenvalue weighted by Gasteiger charge is -2.14. The van der Waals surface area contributed by atoms with Crippen molar-refractivity contribution in [2.45, 2.75) is 19.0 Å². The maximum Gasteiger partial charge on any atom is 0.283 e. The zero-order chi connectivity index (χ0) is 13.0. The second-order valence-electron chi connectivity index (χ2n) is 4.10. The average molecular weight is 334 g/mol. The molecular weight excluding hydrogens is 318 g/mol. The summed E-state index contributed by atoms with van der Waals surface area (Å²) in [6, 6.07) is 0.433. The van der Waals surface area contributed by atoms with E-state index >= 15 is 0 Å². The fourth-order valence-electron chi connectivity index (χ4n) is 1.77. The topological polar surface area (TPSA) is 56.1 Å². The van der Waals surface area contributed by atoms with Crippen LogP contribution in [0.4, 0.5) is 5.69 Å². The number of methoxy groups -OCH3 is 1. The molecule has 0 spiro atoms. The molecule has 0 aliphatic carbocycles. The Hall–Kier alpha value is -0.530. The summed E-state index contributed by atoms with van der Waals surface area (Å²) < 4.78 is 6.90. The maximum atomic E-state index is 12.0. The number of nitrogens with one attached hydrogen (secondary N) is 1. The van der Waals surface area contributed by atoms with Gasteiger partial charge < -0.3 is 10.1 Å². The van der Waals surface area contributed by atoms with Gasteiger partial charge in [-0.15, -0.1) is 0 Å². The summed E-state index contributed by atoms with van der Waals surface area (Å²) in [5, 5.41) is 7.50. The van der Waals surface area contributed by atoms with Crippen molar-refractivity contribution in [3.8, 4) is 0 Å². The van der Waals surface area contributed by atoms with E-state index in [1.165, 1.54) is 10.4 Å². The molecule has 0 amide bonds. The largest absolute Gasteiger partial charge is 0.383 e. The monoisotopic (exact) mass is 333 g/mol. The van der Waals surface area contributed by atoms with E-state index in [-0.39, 0.29) is 5.56 Å². The Morgan fingerprint density at radius 3 is 3.22 bits per heavy atom. The van der Waals surface area contributed by atoms with E-state index in [0.29, 0.717) is 23.7 Å². The van der Waals surface area contributed by atoms with Crippen molar-refractivity contribution in [3.63, 3.8) is 0 Å². The van der Waals surface area contributed by atoms with Gasteiger partial charge in [-0.25, -0.2) is 4.68 Å². The van der Waals surface area contributed by atoms with Gasteiger partial charge >= 0.3 is 0 Å². The lowest BCUT2D eigenvalue weighted by Crippen LogP contribution is -2.28. The molecule has 0 aromatic carbocycles. The van der Waals surface area contributed by atoms with E-state index < -0.39 is 0 Å². The van der Waals surface area contributed by atoms with Crippen LogP contribution in [-0.4, -0.2) is 41.0 Å². The van der Waals surface area contributed by atoms with Crippen molar-refractivity contribution >= 4 is 33.4 Å². The number of ether oxygens (including phenoxy) is 1. The minimum absolute atomic E-state index is 0.122. The van der Waals surface area contributed by atoms with Gasteiger partial charge in [0.1, 0.15) is 4.47 Å². The summed E-state index contributed by atoms with van der Waals surface area (Å²) in [6.07, 6.45) is 2.83. The standard InChI is InChI=1S/C11H16BrN3O2S/c1-17-4-3-15-11(16)10(12)9(6-13-15)14-8-2-5-18-7-8/h6,8,14H,2-5,7H2,1H3. The second-order valence-corrected chi connectivity index (χ2v) is 6.04. The van der Waals surface area contributed by atoms with Crippen molar-refractivity contribution in [1.82, 2.24) is 9.78 Å². The lowest BCUT2D eigenvalue weighted by molar-refractivity contribution is 0.181. The molecule has 1 aromatic heterocycles. The van der Waals surface area contributed by atoms with Gasteiger partial charge in [0, 0.05) is 18.9 Å². The molecule has 5 nitrogen and oxygen atoms in total. The van der Waals surface area contributed by atoms with Crippen LogP contribution in [0.1, 0.15) is 6.42 Å². The summed E-state index contributed by atoms with van der Waals surface area (Å²) in [5.74, 6) is 2.26. The average Bonchev–Trinajstić information content (AvgIpc) is 2.87. The van der Waals surface area contributed by atoms with Crippen LogP contribution in [0, 0.1) is 0 Å². The second kappa shape index (κ2) is 6.58. The van der Waals surface area contributed by atoms with Crippen molar-refractivity contribution in [2.24, 2.45) is 0 Å². The lowest BCUT2D eigenvalue weighted by atomic mass is 10.2. The van der Waals surface area contributed by atoms with Crippen molar-refractivity contribution < 1.29 is 4.74 Å². The highest BCUT2D eigenvalue weighted by atomic mass is 79.9. The Balaban J connectivity index is 2.12. The fourth-order valence-corrected chi connectivity index (χ4v) is 3.34. The van der Waals surface area contributed by atoms with Crippen molar-refractivity contribution in [2.75, 3.05) is 30.5 Å². The van der Waals surface area contributed by atoms with Crippen LogP contribution in [0.2, 0.25) is 0 Å². The number of thioether (sulfide) groups is 1. The smallest absolute Gasteiger partial charge is 0.283 e. The van der Waals surface area contributed by atoms with E-state index in [2.05, 4.69) is 26.3 Å². The minimum atomic E-state index is -0.122. The highest BCUT2D eigenvalue weighted by Gasteiger charge is 2.17. The van der Waals surface area contributed by atoms with Gasteiger partial charge in [0.15, 0.2) is 0 Å². The van der Waals surface area contributed by atoms with Crippen LogP contribution in [0.5, 0.6) is 0 Å². The number of halogens is 1. The Morgan fingerprint density at radius 1 is 1.72 bits per heavy atom. The van der Waals surface area contributed by atoms with Crippen LogP contribution in [-0.2, 0) is 11.3 Å². The first-order valence-corrected chi connectivity index (χ1v) is 7.76. The number of anilines is 1. The van der Waals surface area contributed by atoms with Gasteiger partial charge in [0.25, 0.3) is 5.56 Å². The first kappa shape index (κ1) is 13.9. The first-order valence-electron chi connectivity index (χ1n) is 5.81. The number of nitrogens with zero attached hydrogens (tertiary/aromatic N) is 2. The van der Waals surface area contributed by atoms with Crippen molar-refractivity contribution in [3.05, 3.63) is 21.0 Å². The molecule has 1 saturated heterocycles. The Morgan fingerprint density at radius 2 is 2.56 bits per heavy atom. The molecule has 1 N–H and O–H groups in total. The third-order valence-corrected chi connectivity index (χ3v) is 4.71. The number of hydrogen-bond acceptors (Lipinski definition) is 5. The zero-order valence-electron chi connectivity index (χ0n) is 10.2. The Bertz CT molecular complexity index is 460. The summed E-state index contributed by atoms with van der Waals surface area (Å²) in [5.41, 5.74) is 0.656. The van der Waals surface area contributed by atoms with Gasteiger partial charge in [0.2, 0.25) is 0 Å². The van der Waals surface area contributed by atoms with Gasteiger partial charge in [-0.2, -0.15) is 16.9 Å². The van der Waals surface area contributed by atoms with E-state index in [1.807, 2.05) is 11.8 Å². The highest BCUT2D eigenvalue weighted by molar-refractivity contribution is 9.10. The van der Waals surface area contributed by atoms with Crippen LogP contribution in [0.15, 0.2) is 15.5 Å². The molecule has 1 unspecified atom stereocenters.